The van der Waals surface area contributed by atoms with Gasteiger partial charge in [0.1, 0.15) is 5.75 Å². The Morgan fingerprint density at radius 2 is 2.00 bits per heavy atom. The van der Waals surface area contributed by atoms with E-state index in [-0.39, 0.29) is 0 Å². The SMILES string of the molecule is COc1ccccc1/C=C/S(N)(=O)=O. The molecular weight excluding hydrogens is 202 g/mol. The summed E-state index contributed by atoms with van der Waals surface area (Å²) in [6.07, 6.45) is 1.40. The van der Waals surface area contributed by atoms with Gasteiger partial charge in [0.2, 0.25) is 10.0 Å². The molecule has 1 aromatic rings. The van der Waals surface area contributed by atoms with Gasteiger partial charge in [-0.3, -0.25) is 0 Å². The molecule has 0 radical (unpaired) electrons. The Kier molecular flexibility index (Phi) is 3.27. The number of para-hydroxylation sites is 1. The van der Waals surface area contributed by atoms with Crippen molar-refractivity contribution in [3.63, 3.8) is 0 Å². The van der Waals surface area contributed by atoms with Crippen molar-refractivity contribution in [3.05, 3.63) is 35.2 Å². The summed E-state index contributed by atoms with van der Waals surface area (Å²) in [7, 11) is -2.07. The fraction of sp³-hybridized carbons (Fsp3) is 0.111. The van der Waals surface area contributed by atoms with Gasteiger partial charge in [-0.2, -0.15) is 0 Å². The number of methoxy groups -OCH3 is 1. The molecule has 0 aliphatic heterocycles. The zero-order chi connectivity index (χ0) is 10.6. The topological polar surface area (TPSA) is 69.4 Å². The second kappa shape index (κ2) is 4.26. The predicted octanol–water partition coefficient (Wildman–Crippen LogP) is 0.954. The van der Waals surface area contributed by atoms with Gasteiger partial charge < -0.3 is 4.74 Å². The molecular formula is C9H11NO3S. The summed E-state index contributed by atoms with van der Waals surface area (Å²) in [5.41, 5.74) is 0.670. The molecule has 1 aromatic carbocycles. The maximum atomic E-state index is 10.7. The van der Waals surface area contributed by atoms with Crippen LogP contribution in [0.3, 0.4) is 0 Å². The minimum atomic E-state index is -3.58. The Labute approximate surface area is 83.1 Å². The molecule has 0 unspecified atom stereocenters. The molecule has 0 atom stereocenters. The molecule has 0 aliphatic carbocycles. The van der Waals surface area contributed by atoms with Crippen LogP contribution >= 0.6 is 0 Å². The van der Waals surface area contributed by atoms with Crippen LogP contribution in [0.25, 0.3) is 6.08 Å². The smallest absolute Gasteiger partial charge is 0.231 e. The van der Waals surface area contributed by atoms with Crippen molar-refractivity contribution in [1.82, 2.24) is 0 Å². The number of nitrogens with two attached hydrogens (primary N) is 1. The third kappa shape index (κ3) is 3.20. The number of hydrogen-bond donors (Lipinski definition) is 1. The molecule has 0 saturated heterocycles. The van der Waals surface area contributed by atoms with Crippen LogP contribution in [0.2, 0.25) is 0 Å². The zero-order valence-corrected chi connectivity index (χ0v) is 8.49. The monoisotopic (exact) mass is 213 g/mol. The molecule has 0 fully saturated rings. The molecule has 4 nitrogen and oxygen atoms in total. The summed E-state index contributed by atoms with van der Waals surface area (Å²) in [6.45, 7) is 0. The van der Waals surface area contributed by atoms with Crippen molar-refractivity contribution >= 4 is 16.1 Å². The Hall–Kier alpha value is -1.33. The van der Waals surface area contributed by atoms with Gasteiger partial charge in [-0.15, -0.1) is 0 Å². The van der Waals surface area contributed by atoms with Crippen LogP contribution in [0.1, 0.15) is 5.56 Å². The largest absolute Gasteiger partial charge is 0.496 e. The maximum Gasteiger partial charge on any atom is 0.231 e. The molecule has 5 heteroatoms. The zero-order valence-electron chi connectivity index (χ0n) is 7.67. The number of hydrogen-bond acceptors (Lipinski definition) is 3. The quantitative estimate of drug-likeness (QED) is 0.812. The lowest BCUT2D eigenvalue weighted by molar-refractivity contribution is 0.414. The summed E-state index contributed by atoms with van der Waals surface area (Å²) in [4.78, 5) is 0. The van der Waals surface area contributed by atoms with Crippen molar-refractivity contribution in [2.75, 3.05) is 7.11 Å². The Morgan fingerprint density at radius 3 is 2.57 bits per heavy atom. The van der Waals surface area contributed by atoms with Crippen LogP contribution in [-0.4, -0.2) is 15.5 Å². The number of sulfonamides is 1. The minimum absolute atomic E-state index is 0.604. The highest BCUT2D eigenvalue weighted by atomic mass is 32.2. The van der Waals surface area contributed by atoms with E-state index < -0.39 is 10.0 Å². The molecule has 0 bridgehead atoms. The highest BCUT2D eigenvalue weighted by molar-refractivity contribution is 7.92. The molecule has 14 heavy (non-hydrogen) atoms. The van der Waals surface area contributed by atoms with E-state index in [9.17, 15) is 8.42 Å². The van der Waals surface area contributed by atoms with Gasteiger partial charge in [0.05, 0.1) is 7.11 Å². The molecule has 1 rings (SSSR count). The van der Waals surface area contributed by atoms with Crippen LogP contribution in [0.15, 0.2) is 29.7 Å². The van der Waals surface area contributed by atoms with E-state index in [4.69, 9.17) is 9.88 Å². The van der Waals surface area contributed by atoms with Crippen molar-refractivity contribution < 1.29 is 13.2 Å². The van der Waals surface area contributed by atoms with Crippen molar-refractivity contribution in [3.8, 4) is 5.75 Å². The van der Waals surface area contributed by atoms with E-state index >= 15 is 0 Å². The second-order valence-corrected chi connectivity index (χ2v) is 4.08. The van der Waals surface area contributed by atoms with Crippen LogP contribution in [0.5, 0.6) is 5.75 Å². The standard InChI is InChI=1S/C9H11NO3S/c1-13-9-5-3-2-4-8(9)6-7-14(10,11)12/h2-7H,1H3,(H2,10,11,12)/b7-6+. The number of ether oxygens (including phenoxy) is 1. The average Bonchev–Trinajstić information content (AvgIpc) is 2.14. The Morgan fingerprint density at radius 1 is 1.36 bits per heavy atom. The lowest BCUT2D eigenvalue weighted by atomic mass is 10.2. The summed E-state index contributed by atoms with van der Waals surface area (Å²) in [5, 5.41) is 5.75. The highest BCUT2D eigenvalue weighted by Crippen LogP contribution is 2.18. The van der Waals surface area contributed by atoms with E-state index in [1.807, 2.05) is 0 Å². The van der Waals surface area contributed by atoms with E-state index in [2.05, 4.69) is 0 Å². The number of rotatable bonds is 3. The summed E-state index contributed by atoms with van der Waals surface area (Å²) in [5.74, 6) is 0.604. The Bertz CT molecular complexity index is 437. The molecule has 0 aromatic heterocycles. The van der Waals surface area contributed by atoms with Gasteiger partial charge in [-0.1, -0.05) is 18.2 Å². The molecule has 0 aliphatic rings. The number of primary sulfonamides is 1. The molecule has 0 heterocycles. The summed E-state index contributed by atoms with van der Waals surface area (Å²) in [6, 6.07) is 7.06. The molecule has 0 spiro atoms. The van der Waals surface area contributed by atoms with Gasteiger partial charge in [-0.05, 0) is 12.1 Å². The van der Waals surface area contributed by atoms with Gasteiger partial charge in [-0.25, -0.2) is 13.6 Å². The van der Waals surface area contributed by atoms with Crippen molar-refractivity contribution in [2.45, 2.75) is 0 Å². The van der Waals surface area contributed by atoms with Crippen LogP contribution < -0.4 is 9.88 Å². The molecule has 76 valence electrons. The predicted molar refractivity (Wildman–Crippen MR) is 55.1 cm³/mol. The summed E-state index contributed by atoms with van der Waals surface area (Å²) < 4.78 is 26.3. The van der Waals surface area contributed by atoms with Crippen LogP contribution in [-0.2, 0) is 10.0 Å². The van der Waals surface area contributed by atoms with Crippen LogP contribution in [0.4, 0.5) is 0 Å². The fourth-order valence-electron chi connectivity index (χ4n) is 0.972. The van der Waals surface area contributed by atoms with E-state index in [1.54, 1.807) is 24.3 Å². The van der Waals surface area contributed by atoms with Gasteiger partial charge in [0.25, 0.3) is 0 Å². The van der Waals surface area contributed by atoms with Crippen molar-refractivity contribution in [2.24, 2.45) is 5.14 Å². The van der Waals surface area contributed by atoms with Crippen molar-refractivity contribution in [1.29, 1.82) is 0 Å². The summed E-state index contributed by atoms with van der Waals surface area (Å²) >= 11 is 0. The normalized spacial score (nSPS) is 11.9. The lowest BCUT2D eigenvalue weighted by Crippen LogP contribution is -2.06. The maximum absolute atomic E-state index is 10.7. The minimum Gasteiger partial charge on any atom is -0.496 e. The van der Waals surface area contributed by atoms with E-state index in [0.29, 0.717) is 11.3 Å². The fourth-order valence-corrected chi connectivity index (χ4v) is 1.31. The van der Waals surface area contributed by atoms with Gasteiger partial charge >= 0.3 is 0 Å². The molecule has 0 saturated carbocycles. The highest BCUT2D eigenvalue weighted by Gasteiger charge is 1.99. The first-order chi connectivity index (χ1) is 6.53. The first-order valence-electron chi connectivity index (χ1n) is 3.87. The van der Waals surface area contributed by atoms with E-state index in [1.165, 1.54) is 13.2 Å². The second-order valence-electron chi connectivity index (χ2n) is 2.63. The van der Waals surface area contributed by atoms with Gasteiger partial charge in [0, 0.05) is 11.0 Å². The van der Waals surface area contributed by atoms with E-state index in [0.717, 1.165) is 5.41 Å². The molecule has 2 N–H and O–H groups in total. The molecule has 0 amide bonds. The first-order valence-corrected chi connectivity index (χ1v) is 5.48. The Balaban J connectivity index is 3.03. The third-order valence-corrected chi connectivity index (χ3v) is 2.09. The lowest BCUT2D eigenvalue weighted by Gasteiger charge is -2.02. The average molecular weight is 213 g/mol. The first kappa shape index (κ1) is 10.7. The van der Waals surface area contributed by atoms with Crippen LogP contribution in [0, 0.1) is 0 Å². The van der Waals surface area contributed by atoms with Gasteiger partial charge in [0.15, 0.2) is 0 Å². The number of benzene rings is 1. The third-order valence-electron chi connectivity index (χ3n) is 1.58.